The Balaban J connectivity index is 3.36. The van der Waals surface area contributed by atoms with Crippen LogP contribution in [0.15, 0.2) is 0 Å². The first-order valence-corrected chi connectivity index (χ1v) is 6.62. The van der Waals surface area contributed by atoms with Crippen molar-refractivity contribution in [1.82, 2.24) is 0 Å². The molecule has 78 valence electrons. The van der Waals surface area contributed by atoms with Gasteiger partial charge in [0.25, 0.3) is 0 Å². The molecule has 0 fully saturated rings. The lowest BCUT2D eigenvalue weighted by atomic mass is 10.5. The molecule has 0 bridgehead atoms. The van der Waals surface area contributed by atoms with Gasteiger partial charge in [0.05, 0.1) is 6.16 Å². The molecule has 1 atom stereocenters. The second-order valence-electron chi connectivity index (χ2n) is 2.22. The second kappa shape index (κ2) is 6.60. The average molecular weight is 231 g/mol. The molecule has 6 nitrogen and oxygen atoms in total. The fourth-order valence-corrected chi connectivity index (χ4v) is 1.66. The van der Waals surface area contributed by atoms with Crippen molar-refractivity contribution in [2.75, 3.05) is 19.4 Å². The van der Waals surface area contributed by atoms with Crippen LogP contribution in [0.3, 0.4) is 0 Å². The lowest BCUT2D eigenvalue weighted by Gasteiger charge is -1.99. The molecule has 0 rings (SSSR count). The fourth-order valence-electron chi connectivity index (χ4n) is 0.552. The molecular weight excluding hydrogens is 218 g/mol. The van der Waals surface area contributed by atoms with Crippen molar-refractivity contribution in [3.05, 3.63) is 0 Å². The van der Waals surface area contributed by atoms with Crippen molar-refractivity contribution in [1.29, 1.82) is 0 Å². The van der Waals surface area contributed by atoms with Crippen molar-refractivity contribution in [2.24, 2.45) is 0 Å². The van der Waals surface area contributed by atoms with Crippen LogP contribution in [0.25, 0.3) is 0 Å². The highest BCUT2D eigenvalue weighted by Gasteiger charge is 2.19. The van der Waals surface area contributed by atoms with Gasteiger partial charge >= 0.3 is 15.9 Å². The molecule has 8 heteroatoms. The summed E-state index contributed by atoms with van der Waals surface area (Å²) in [7, 11) is -6.09. The maximum atomic E-state index is 10.7. The Morgan fingerprint density at radius 3 is 2.46 bits per heavy atom. The van der Waals surface area contributed by atoms with Gasteiger partial charge in [-0.15, -0.1) is 9.05 Å². The summed E-state index contributed by atoms with van der Waals surface area (Å²) >= 11 is 0. The Bertz CT molecular complexity index is 199. The first-order valence-electron chi connectivity index (χ1n) is 3.73. The van der Waals surface area contributed by atoms with Crippen molar-refractivity contribution >= 4 is 15.9 Å². The Labute approximate surface area is 77.4 Å². The largest absolute Gasteiger partial charge is 0.697 e. The summed E-state index contributed by atoms with van der Waals surface area (Å²) in [5.41, 5.74) is 0. The third kappa shape index (κ3) is 10.1. The van der Waals surface area contributed by atoms with E-state index in [0.29, 0.717) is 0 Å². The minimum absolute atomic E-state index is 0.0281. The summed E-state index contributed by atoms with van der Waals surface area (Å²) in [6, 6.07) is 0. The lowest BCUT2D eigenvalue weighted by molar-refractivity contribution is 0.233. The van der Waals surface area contributed by atoms with Crippen LogP contribution in [0.2, 0.25) is 0 Å². The van der Waals surface area contributed by atoms with E-state index in [1.807, 2.05) is 0 Å². The molecule has 0 aromatic heterocycles. The van der Waals surface area contributed by atoms with Crippen LogP contribution in [0.4, 0.5) is 0 Å². The normalized spacial score (nSPS) is 13.0. The van der Waals surface area contributed by atoms with Crippen LogP contribution in [0.5, 0.6) is 0 Å². The van der Waals surface area contributed by atoms with Gasteiger partial charge in [-0.3, -0.25) is 4.57 Å². The predicted octanol–water partition coefficient (Wildman–Crippen LogP) is 1.26. The topological polar surface area (TPSA) is 93.1 Å². The summed E-state index contributed by atoms with van der Waals surface area (Å²) in [4.78, 5) is 16.9. The van der Waals surface area contributed by atoms with Crippen molar-refractivity contribution in [2.45, 2.75) is 13.3 Å². The quantitative estimate of drug-likeness (QED) is 0.506. The van der Waals surface area contributed by atoms with E-state index in [2.05, 4.69) is 9.05 Å². The number of hydrogen-bond acceptors (Lipinski definition) is 4. The molecule has 0 heterocycles. The van der Waals surface area contributed by atoms with Crippen LogP contribution in [0, 0.1) is 0 Å². The Hall–Kier alpha value is 0.170. The maximum absolute atomic E-state index is 10.7. The van der Waals surface area contributed by atoms with Crippen molar-refractivity contribution in [3.8, 4) is 0 Å². The van der Waals surface area contributed by atoms with E-state index in [1.165, 1.54) is 0 Å². The van der Waals surface area contributed by atoms with E-state index < -0.39 is 15.9 Å². The third-order valence-corrected chi connectivity index (χ3v) is 2.79. The molecule has 0 aliphatic rings. The average Bonchev–Trinajstić information content (AvgIpc) is 1.97. The van der Waals surface area contributed by atoms with Gasteiger partial charge in [0.15, 0.2) is 0 Å². The van der Waals surface area contributed by atoms with Gasteiger partial charge < -0.3 is 9.79 Å². The van der Waals surface area contributed by atoms with Gasteiger partial charge in [0, 0.05) is 4.57 Å². The van der Waals surface area contributed by atoms with Gasteiger partial charge in [-0.25, -0.2) is 0 Å². The van der Waals surface area contributed by atoms with E-state index in [-0.39, 0.29) is 25.8 Å². The molecule has 0 aromatic rings. The first kappa shape index (κ1) is 13.2. The smallest absolute Gasteiger partial charge is 0.324 e. The predicted molar refractivity (Wildman–Crippen MR) is 46.7 cm³/mol. The van der Waals surface area contributed by atoms with Crippen LogP contribution in [-0.2, 0) is 18.2 Å². The molecule has 0 amide bonds. The van der Waals surface area contributed by atoms with E-state index in [9.17, 15) is 9.13 Å². The molecule has 0 aliphatic heterocycles. The van der Waals surface area contributed by atoms with Crippen LogP contribution < -0.4 is 0 Å². The summed E-state index contributed by atoms with van der Waals surface area (Å²) in [5, 5.41) is 0. The zero-order valence-corrected chi connectivity index (χ0v) is 9.04. The molecule has 0 aliphatic carbocycles. The molecular formula is C5H13O6P2+. The number of hydrogen-bond donors (Lipinski definition) is 2. The van der Waals surface area contributed by atoms with Gasteiger partial charge in [-0.1, -0.05) is 0 Å². The zero-order valence-electron chi connectivity index (χ0n) is 7.25. The Kier molecular flexibility index (Phi) is 6.68. The fraction of sp³-hybridized carbons (Fsp3) is 1.00. The third-order valence-electron chi connectivity index (χ3n) is 1.02. The van der Waals surface area contributed by atoms with E-state index in [0.717, 1.165) is 0 Å². The zero-order chi connectivity index (χ0) is 10.3. The molecule has 0 saturated heterocycles. The second-order valence-corrected chi connectivity index (χ2v) is 4.96. The van der Waals surface area contributed by atoms with Gasteiger partial charge in [-0.05, 0) is 13.3 Å². The minimum atomic E-state index is -3.96. The van der Waals surface area contributed by atoms with E-state index >= 15 is 0 Å². The Morgan fingerprint density at radius 2 is 2.00 bits per heavy atom. The van der Waals surface area contributed by atoms with Gasteiger partial charge in [0.2, 0.25) is 0 Å². The van der Waals surface area contributed by atoms with Gasteiger partial charge in [-0.2, -0.15) is 0 Å². The van der Waals surface area contributed by atoms with Crippen LogP contribution >= 0.6 is 15.9 Å². The maximum Gasteiger partial charge on any atom is 0.697 e. The molecule has 0 saturated carbocycles. The van der Waals surface area contributed by atoms with Gasteiger partial charge in [0.1, 0.15) is 13.2 Å². The highest BCUT2D eigenvalue weighted by atomic mass is 31.2. The monoisotopic (exact) mass is 231 g/mol. The minimum Gasteiger partial charge on any atom is -0.324 e. The standard InChI is InChI=1S/C5H12O6P2/c1-2-10-12(6)11-4-3-5-13(7,8)9/h2-5H2,1H3,(H-,7,8,9)/p+1. The van der Waals surface area contributed by atoms with Crippen LogP contribution in [-0.4, -0.2) is 29.2 Å². The summed E-state index contributed by atoms with van der Waals surface area (Å²) in [6.07, 6.45) is -0.0965. The summed E-state index contributed by atoms with van der Waals surface area (Å²) in [5.74, 6) is 0. The SMILES string of the molecule is CCO[P+](=O)OCCCP(=O)(O)O. The molecule has 1 unspecified atom stereocenters. The molecule has 0 aromatic carbocycles. The lowest BCUT2D eigenvalue weighted by Crippen LogP contribution is -1.94. The first-order chi connectivity index (χ1) is 5.95. The molecule has 2 N–H and O–H groups in total. The van der Waals surface area contributed by atoms with Crippen molar-refractivity contribution in [3.63, 3.8) is 0 Å². The highest BCUT2D eigenvalue weighted by Crippen LogP contribution is 2.35. The number of rotatable bonds is 7. The molecule has 0 spiro atoms. The van der Waals surface area contributed by atoms with E-state index in [1.54, 1.807) is 6.92 Å². The van der Waals surface area contributed by atoms with Crippen LogP contribution in [0.1, 0.15) is 13.3 Å². The summed E-state index contributed by atoms with van der Waals surface area (Å²) < 4.78 is 30.2. The summed E-state index contributed by atoms with van der Waals surface area (Å²) in [6.45, 7) is 1.99. The van der Waals surface area contributed by atoms with E-state index in [4.69, 9.17) is 9.79 Å². The Morgan fingerprint density at radius 1 is 1.38 bits per heavy atom. The molecule has 13 heavy (non-hydrogen) atoms. The highest BCUT2D eigenvalue weighted by molar-refractivity contribution is 7.51. The molecule has 0 radical (unpaired) electrons. The van der Waals surface area contributed by atoms with Crippen molar-refractivity contribution < 1.29 is 28.0 Å².